The van der Waals surface area contributed by atoms with Gasteiger partial charge < -0.3 is 10.1 Å². The van der Waals surface area contributed by atoms with Crippen LogP contribution in [0.4, 0.5) is 5.69 Å². The van der Waals surface area contributed by atoms with E-state index in [1.165, 1.54) is 11.8 Å². The molecule has 0 aliphatic heterocycles. The molecule has 2 aromatic rings. The van der Waals surface area contributed by atoms with Crippen LogP contribution in [0.25, 0.3) is 0 Å². The average Bonchev–Trinajstić information content (AvgIpc) is 2.55. The summed E-state index contributed by atoms with van der Waals surface area (Å²) in [6.45, 7) is -0.439. The summed E-state index contributed by atoms with van der Waals surface area (Å²) in [4.78, 5) is 24.8. The molecule has 4 nitrogen and oxygen atoms in total. The lowest BCUT2D eigenvalue weighted by Gasteiger charge is -2.09. The zero-order valence-electron chi connectivity index (χ0n) is 12.4. The summed E-state index contributed by atoms with van der Waals surface area (Å²) >= 11 is 16.8. The molecule has 0 aliphatic rings. The van der Waals surface area contributed by atoms with Crippen molar-refractivity contribution < 1.29 is 14.3 Å². The molecule has 126 valence electrons. The van der Waals surface area contributed by atoms with Crippen LogP contribution in [-0.2, 0) is 9.53 Å². The molecule has 1 amide bonds. The number of amides is 1. The van der Waals surface area contributed by atoms with Gasteiger partial charge in [0.15, 0.2) is 6.61 Å². The van der Waals surface area contributed by atoms with Gasteiger partial charge in [-0.15, -0.1) is 11.8 Å². The van der Waals surface area contributed by atoms with Crippen molar-refractivity contribution in [2.45, 2.75) is 4.90 Å². The predicted octanol–water partition coefficient (Wildman–Crippen LogP) is 5.27. The highest BCUT2D eigenvalue weighted by Gasteiger charge is 2.15. The molecule has 0 fully saturated rings. The number of rotatable bonds is 5. The molecular formula is C16H12BrCl2NO3S. The van der Waals surface area contributed by atoms with Crippen LogP contribution < -0.4 is 5.32 Å². The lowest BCUT2D eigenvalue weighted by molar-refractivity contribution is -0.119. The molecule has 0 saturated carbocycles. The molecule has 8 heteroatoms. The van der Waals surface area contributed by atoms with Gasteiger partial charge in [-0.3, -0.25) is 4.79 Å². The summed E-state index contributed by atoms with van der Waals surface area (Å²) < 4.78 is 5.80. The van der Waals surface area contributed by atoms with Gasteiger partial charge in [-0.2, -0.15) is 0 Å². The number of benzene rings is 2. The molecule has 0 bridgehead atoms. The van der Waals surface area contributed by atoms with Crippen molar-refractivity contribution in [1.29, 1.82) is 0 Å². The molecule has 0 unspecified atom stereocenters. The van der Waals surface area contributed by atoms with E-state index >= 15 is 0 Å². The summed E-state index contributed by atoms with van der Waals surface area (Å²) in [6, 6.07) is 10.1. The molecule has 0 aromatic heterocycles. The second-order valence-electron chi connectivity index (χ2n) is 4.59. The molecule has 1 N–H and O–H groups in total. The van der Waals surface area contributed by atoms with Crippen molar-refractivity contribution in [3.63, 3.8) is 0 Å². The average molecular weight is 449 g/mol. The predicted molar refractivity (Wildman–Crippen MR) is 101 cm³/mol. The first kappa shape index (κ1) is 19.1. The largest absolute Gasteiger partial charge is 0.452 e. The van der Waals surface area contributed by atoms with Gasteiger partial charge in [0.2, 0.25) is 0 Å². The van der Waals surface area contributed by atoms with E-state index in [0.717, 1.165) is 9.37 Å². The van der Waals surface area contributed by atoms with Gasteiger partial charge >= 0.3 is 5.97 Å². The normalized spacial score (nSPS) is 10.3. The zero-order valence-corrected chi connectivity index (χ0v) is 16.4. The molecule has 0 spiro atoms. The molecule has 0 heterocycles. The summed E-state index contributed by atoms with van der Waals surface area (Å²) in [5, 5.41) is 3.22. The van der Waals surface area contributed by atoms with E-state index in [1.807, 2.05) is 6.26 Å². The number of carbonyl (C=O) groups excluding carboxylic acids is 2. The maximum absolute atomic E-state index is 12.1. The number of hydrogen-bond acceptors (Lipinski definition) is 4. The van der Waals surface area contributed by atoms with Gasteiger partial charge in [0.05, 0.1) is 21.3 Å². The van der Waals surface area contributed by atoms with E-state index in [-0.39, 0.29) is 10.6 Å². The highest BCUT2D eigenvalue weighted by molar-refractivity contribution is 9.10. The number of hydrogen-bond donors (Lipinski definition) is 1. The second kappa shape index (κ2) is 8.76. The fraction of sp³-hybridized carbons (Fsp3) is 0.125. The highest BCUT2D eigenvalue weighted by Crippen LogP contribution is 2.26. The van der Waals surface area contributed by atoms with E-state index in [4.69, 9.17) is 27.9 Å². The van der Waals surface area contributed by atoms with Crippen LogP contribution in [0.15, 0.2) is 45.8 Å². The van der Waals surface area contributed by atoms with Crippen molar-refractivity contribution in [2.24, 2.45) is 0 Å². The number of nitrogens with one attached hydrogen (secondary N) is 1. The van der Waals surface area contributed by atoms with Crippen LogP contribution in [0.3, 0.4) is 0 Å². The van der Waals surface area contributed by atoms with E-state index in [1.54, 1.807) is 36.4 Å². The first-order chi connectivity index (χ1) is 11.4. The van der Waals surface area contributed by atoms with Gasteiger partial charge in [-0.1, -0.05) is 39.1 Å². The summed E-state index contributed by atoms with van der Waals surface area (Å²) in [6.07, 6.45) is 1.88. The third kappa shape index (κ3) is 5.14. The van der Waals surface area contributed by atoms with Gasteiger partial charge in [-0.25, -0.2) is 4.79 Å². The standard InChI is InChI=1S/C16H12BrCl2NO3S/c1-24-10-3-4-12(18)11(7-10)16(22)23-8-15(21)20-14-5-2-9(17)6-13(14)19/h2-7H,8H2,1H3,(H,20,21). The van der Waals surface area contributed by atoms with Crippen LogP contribution in [0.5, 0.6) is 0 Å². The first-order valence-corrected chi connectivity index (χ1v) is 9.43. The topological polar surface area (TPSA) is 55.4 Å². The number of anilines is 1. The third-order valence-electron chi connectivity index (χ3n) is 2.93. The lowest BCUT2D eigenvalue weighted by Crippen LogP contribution is -2.21. The Morgan fingerprint density at radius 2 is 1.92 bits per heavy atom. The van der Waals surface area contributed by atoms with Crippen molar-refractivity contribution in [1.82, 2.24) is 0 Å². The Hall–Kier alpha value is -1.21. The number of halogens is 3. The maximum atomic E-state index is 12.1. The number of carbonyl (C=O) groups is 2. The van der Waals surface area contributed by atoms with Crippen molar-refractivity contribution in [2.75, 3.05) is 18.2 Å². The fourth-order valence-corrected chi connectivity index (χ4v) is 3.13. The molecule has 0 aliphatic carbocycles. The minimum atomic E-state index is -0.659. The van der Waals surface area contributed by atoms with Crippen LogP contribution >= 0.6 is 50.9 Å². The lowest BCUT2D eigenvalue weighted by atomic mass is 10.2. The SMILES string of the molecule is CSc1ccc(Cl)c(C(=O)OCC(=O)Nc2ccc(Br)cc2Cl)c1. The van der Waals surface area contributed by atoms with Crippen molar-refractivity contribution >= 4 is 68.5 Å². The van der Waals surface area contributed by atoms with Gasteiger partial charge in [0, 0.05) is 9.37 Å². The molecule has 0 atom stereocenters. The molecule has 0 radical (unpaired) electrons. The van der Waals surface area contributed by atoms with E-state index in [0.29, 0.717) is 10.7 Å². The van der Waals surface area contributed by atoms with Gasteiger partial charge in [-0.05, 0) is 42.7 Å². The molecule has 2 aromatic carbocycles. The zero-order chi connectivity index (χ0) is 17.7. The molecule has 2 rings (SSSR count). The van der Waals surface area contributed by atoms with Crippen molar-refractivity contribution in [3.05, 3.63) is 56.5 Å². The second-order valence-corrected chi connectivity index (χ2v) is 7.20. The Kier molecular flexibility index (Phi) is 6.98. The Morgan fingerprint density at radius 1 is 1.17 bits per heavy atom. The molecule has 24 heavy (non-hydrogen) atoms. The Bertz CT molecular complexity index is 786. The smallest absolute Gasteiger partial charge is 0.340 e. The minimum Gasteiger partial charge on any atom is -0.452 e. The van der Waals surface area contributed by atoms with Crippen LogP contribution in [0.1, 0.15) is 10.4 Å². The van der Waals surface area contributed by atoms with Crippen LogP contribution in [0, 0.1) is 0 Å². The Morgan fingerprint density at radius 3 is 2.58 bits per heavy atom. The van der Waals surface area contributed by atoms with E-state index < -0.39 is 18.5 Å². The third-order valence-corrected chi connectivity index (χ3v) is 4.79. The highest BCUT2D eigenvalue weighted by atomic mass is 79.9. The quantitative estimate of drug-likeness (QED) is 0.499. The fourth-order valence-electron chi connectivity index (χ4n) is 1.77. The van der Waals surface area contributed by atoms with Crippen molar-refractivity contribution in [3.8, 4) is 0 Å². The van der Waals surface area contributed by atoms with Crippen LogP contribution in [0.2, 0.25) is 10.0 Å². The van der Waals surface area contributed by atoms with E-state index in [2.05, 4.69) is 21.2 Å². The number of ether oxygens (including phenoxy) is 1. The minimum absolute atomic E-state index is 0.220. The van der Waals surface area contributed by atoms with Crippen LogP contribution in [-0.4, -0.2) is 24.7 Å². The monoisotopic (exact) mass is 447 g/mol. The maximum Gasteiger partial charge on any atom is 0.340 e. The number of esters is 1. The molecular weight excluding hydrogens is 437 g/mol. The summed E-state index contributed by atoms with van der Waals surface area (Å²) in [5.74, 6) is -1.15. The van der Waals surface area contributed by atoms with Gasteiger partial charge in [0.1, 0.15) is 0 Å². The summed E-state index contributed by atoms with van der Waals surface area (Å²) in [7, 11) is 0. The van der Waals surface area contributed by atoms with Gasteiger partial charge in [0.25, 0.3) is 5.91 Å². The summed E-state index contributed by atoms with van der Waals surface area (Å²) in [5.41, 5.74) is 0.654. The Balaban J connectivity index is 1.97. The Labute approximate surface area is 162 Å². The number of thioether (sulfide) groups is 1. The molecule has 0 saturated heterocycles. The first-order valence-electron chi connectivity index (χ1n) is 6.66. The van der Waals surface area contributed by atoms with E-state index in [9.17, 15) is 9.59 Å².